The maximum Gasteiger partial charge on any atom is 0.348 e. The van der Waals surface area contributed by atoms with Crippen molar-refractivity contribution in [3.05, 3.63) is 33.7 Å². The number of esters is 1. The smallest absolute Gasteiger partial charge is 0.348 e. The van der Waals surface area contributed by atoms with E-state index in [0.29, 0.717) is 4.88 Å². The Hall–Kier alpha value is -1.88. The second kappa shape index (κ2) is 5.40. The van der Waals surface area contributed by atoms with Gasteiger partial charge in [0.25, 0.3) is 0 Å². The minimum atomic E-state index is -0.297. The second-order valence-electron chi connectivity index (χ2n) is 4.14. The highest BCUT2D eigenvalue weighted by atomic mass is 32.1. The number of ether oxygens (including phenoxy) is 1. The maximum absolute atomic E-state index is 11.6. The molecular formula is C14H16N2O2S. The lowest BCUT2D eigenvalue weighted by atomic mass is 10.1. The van der Waals surface area contributed by atoms with Crippen LogP contribution in [0, 0.1) is 6.92 Å². The molecule has 0 aliphatic rings. The molecule has 19 heavy (non-hydrogen) atoms. The Kier molecular flexibility index (Phi) is 3.85. The highest BCUT2D eigenvalue weighted by Gasteiger charge is 2.17. The SMILES string of the molecule is CC=Cc1cnn(C)c1-c1cc(C(=O)OC)sc1C. The molecule has 0 bridgehead atoms. The number of thiophene rings is 1. The fourth-order valence-electron chi connectivity index (χ4n) is 2.00. The minimum Gasteiger partial charge on any atom is -0.465 e. The van der Waals surface area contributed by atoms with Gasteiger partial charge in [0.05, 0.1) is 19.0 Å². The molecule has 0 aliphatic heterocycles. The lowest BCUT2D eigenvalue weighted by Crippen LogP contribution is -1.97. The van der Waals surface area contributed by atoms with Gasteiger partial charge in [-0.2, -0.15) is 5.10 Å². The summed E-state index contributed by atoms with van der Waals surface area (Å²) >= 11 is 1.44. The van der Waals surface area contributed by atoms with Crippen molar-refractivity contribution in [3.8, 4) is 11.3 Å². The molecule has 0 fully saturated rings. The number of methoxy groups -OCH3 is 1. The topological polar surface area (TPSA) is 44.1 Å². The molecule has 0 radical (unpaired) electrons. The molecule has 0 atom stereocenters. The number of hydrogen-bond donors (Lipinski definition) is 0. The lowest BCUT2D eigenvalue weighted by molar-refractivity contribution is 0.0606. The maximum atomic E-state index is 11.6. The van der Waals surface area contributed by atoms with Crippen LogP contribution < -0.4 is 0 Å². The van der Waals surface area contributed by atoms with E-state index >= 15 is 0 Å². The van der Waals surface area contributed by atoms with Gasteiger partial charge >= 0.3 is 5.97 Å². The average Bonchev–Trinajstić information content (AvgIpc) is 2.93. The number of carbonyl (C=O) groups excluding carboxylic acids is 1. The van der Waals surface area contributed by atoms with Crippen molar-refractivity contribution in [1.29, 1.82) is 0 Å². The van der Waals surface area contributed by atoms with Crippen LogP contribution in [0.1, 0.15) is 27.0 Å². The van der Waals surface area contributed by atoms with Crippen molar-refractivity contribution in [2.45, 2.75) is 13.8 Å². The van der Waals surface area contributed by atoms with Gasteiger partial charge in [0.15, 0.2) is 0 Å². The fraction of sp³-hybridized carbons (Fsp3) is 0.286. The highest BCUT2D eigenvalue weighted by molar-refractivity contribution is 7.14. The van der Waals surface area contributed by atoms with Gasteiger partial charge in [0, 0.05) is 23.1 Å². The van der Waals surface area contributed by atoms with E-state index in [-0.39, 0.29) is 5.97 Å². The van der Waals surface area contributed by atoms with Crippen LogP contribution in [0.25, 0.3) is 17.3 Å². The Morgan fingerprint density at radius 1 is 1.53 bits per heavy atom. The normalized spacial score (nSPS) is 11.2. The third-order valence-corrected chi connectivity index (χ3v) is 3.90. The summed E-state index contributed by atoms with van der Waals surface area (Å²) in [6, 6.07) is 1.87. The molecule has 0 N–H and O–H groups in total. The van der Waals surface area contributed by atoms with Gasteiger partial charge in [-0.15, -0.1) is 11.3 Å². The Bertz CT molecular complexity index is 638. The third-order valence-electron chi connectivity index (χ3n) is 2.87. The van der Waals surface area contributed by atoms with E-state index in [4.69, 9.17) is 4.74 Å². The van der Waals surface area contributed by atoms with Crippen molar-refractivity contribution >= 4 is 23.4 Å². The standard InChI is InChI=1S/C14H16N2O2S/c1-5-6-10-8-15-16(3)13(10)11-7-12(14(17)18-4)19-9(11)2/h5-8H,1-4H3. The third kappa shape index (κ3) is 2.46. The predicted molar refractivity (Wildman–Crippen MR) is 77.3 cm³/mol. The monoisotopic (exact) mass is 276 g/mol. The summed E-state index contributed by atoms with van der Waals surface area (Å²) in [5, 5.41) is 4.28. The summed E-state index contributed by atoms with van der Waals surface area (Å²) in [5.74, 6) is -0.297. The molecule has 2 rings (SSSR count). The van der Waals surface area contributed by atoms with Gasteiger partial charge in [-0.1, -0.05) is 12.2 Å². The summed E-state index contributed by atoms with van der Waals surface area (Å²) in [4.78, 5) is 13.3. The van der Waals surface area contributed by atoms with Crippen LogP contribution in [0.4, 0.5) is 0 Å². The molecule has 4 nitrogen and oxygen atoms in total. The first-order chi connectivity index (χ1) is 9.08. The van der Waals surface area contributed by atoms with Gasteiger partial charge in [0.2, 0.25) is 0 Å². The number of rotatable bonds is 3. The summed E-state index contributed by atoms with van der Waals surface area (Å²) < 4.78 is 6.59. The molecular weight excluding hydrogens is 260 g/mol. The van der Waals surface area contributed by atoms with Crippen molar-refractivity contribution in [2.24, 2.45) is 7.05 Å². The van der Waals surface area contributed by atoms with Crippen molar-refractivity contribution in [3.63, 3.8) is 0 Å². The Balaban J connectivity index is 2.56. The van der Waals surface area contributed by atoms with Crippen LogP contribution in [-0.2, 0) is 11.8 Å². The summed E-state index contributed by atoms with van der Waals surface area (Å²) in [5.41, 5.74) is 3.09. The molecule has 0 saturated carbocycles. The lowest BCUT2D eigenvalue weighted by Gasteiger charge is -2.02. The van der Waals surface area contributed by atoms with E-state index in [1.807, 2.05) is 50.0 Å². The molecule has 0 aromatic carbocycles. The first kappa shape index (κ1) is 13.5. The zero-order chi connectivity index (χ0) is 14.0. The molecule has 0 saturated heterocycles. The number of aryl methyl sites for hydroxylation is 2. The van der Waals surface area contributed by atoms with Crippen LogP contribution in [-0.4, -0.2) is 22.9 Å². The quantitative estimate of drug-likeness (QED) is 0.808. The van der Waals surface area contributed by atoms with Gasteiger partial charge in [0.1, 0.15) is 4.88 Å². The zero-order valence-corrected chi connectivity index (χ0v) is 12.2. The van der Waals surface area contributed by atoms with Crippen LogP contribution in [0.3, 0.4) is 0 Å². The zero-order valence-electron chi connectivity index (χ0n) is 11.4. The fourth-order valence-corrected chi connectivity index (χ4v) is 2.94. The van der Waals surface area contributed by atoms with E-state index in [1.165, 1.54) is 18.4 Å². The first-order valence-corrected chi connectivity index (χ1v) is 6.74. The Morgan fingerprint density at radius 3 is 2.89 bits per heavy atom. The largest absolute Gasteiger partial charge is 0.465 e. The van der Waals surface area contributed by atoms with Gasteiger partial charge < -0.3 is 4.74 Å². The van der Waals surface area contributed by atoms with Crippen molar-refractivity contribution in [1.82, 2.24) is 9.78 Å². The van der Waals surface area contributed by atoms with E-state index in [1.54, 1.807) is 0 Å². The Labute approximate surface area is 116 Å². The molecule has 2 heterocycles. The number of aromatic nitrogens is 2. The van der Waals surface area contributed by atoms with Crippen molar-refractivity contribution < 1.29 is 9.53 Å². The summed E-state index contributed by atoms with van der Waals surface area (Å²) in [6.45, 7) is 3.97. The summed E-state index contributed by atoms with van der Waals surface area (Å²) in [6.07, 6.45) is 5.81. The molecule has 0 spiro atoms. The van der Waals surface area contributed by atoms with Gasteiger partial charge in [-0.25, -0.2) is 4.79 Å². The second-order valence-corrected chi connectivity index (χ2v) is 5.40. The van der Waals surface area contributed by atoms with Crippen molar-refractivity contribution in [2.75, 3.05) is 7.11 Å². The summed E-state index contributed by atoms with van der Waals surface area (Å²) in [7, 11) is 3.30. The predicted octanol–water partition coefficient (Wildman–Crippen LogP) is 3.28. The first-order valence-electron chi connectivity index (χ1n) is 5.92. The van der Waals surface area contributed by atoms with Gasteiger partial charge in [-0.05, 0) is 19.9 Å². The van der Waals surface area contributed by atoms with Crippen LogP contribution >= 0.6 is 11.3 Å². The molecule has 0 aliphatic carbocycles. The number of nitrogens with zero attached hydrogens (tertiary/aromatic N) is 2. The number of carbonyl (C=O) groups is 1. The minimum absolute atomic E-state index is 0.297. The van der Waals surface area contributed by atoms with Crippen LogP contribution in [0.5, 0.6) is 0 Å². The molecule has 2 aromatic heterocycles. The number of hydrogen-bond acceptors (Lipinski definition) is 4. The van der Waals surface area contributed by atoms with E-state index < -0.39 is 0 Å². The van der Waals surface area contributed by atoms with Crippen LogP contribution in [0.15, 0.2) is 18.3 Å². The van der Waals surface area contributed by atoms with Gasteiger partial charge in [-0.3, -0.25) is 4.68 Å². The highest BCUT2D eigenvalue weighted by Crippen LogP contribution is 2.33. The average molecular weight is 276 g/mol. The van der Waals surface area contributed by atoms with E-state index in [2.05, 4.69) is 5.10 Å². The number of allylic oxidation sites excluding steroid dienone is 1. The molecule has 0 amide bonds. The van der Waals surface area contributed by atoms with Crippen LogP contribution in [0.2, 0.25) is 0 Å². The van der Waals surface area contributed by atoms with E-state index in [0.717, 1.165) is 21.7 Å². The molecule has 2 aromatic rings. The van der Waals surface area contributed by atoms with E-state index in [9.17, 15) is 4.79 Å². The molecule has 100 valence electrons. The molecule has 5 heteroatoms. The molecule has 0 unspecified atom stereocenters. The Morgan fingerprint density at radius 2 is 2.26 bits per heavy atom.